The standard InChI is InChI=1S/C14H19N7O/c1-19-5-7-21(8-6-19)13-10-15-12(9-16-13)18-11-3-4-17-20(2)14(11)22/h3-4,9-10H,5-8H2,1-2H3,(H,15,18). The van der Waals surface area contributed by atoms with E-state index in [1.54, 1.807) is 31.7 Å². The maximum atomic E-state index is 11.9. The lowest BCUT2D eigenvalue weighted by Crippen LogP contribution is -2.44. The Labute approximate surface area is 128 Å². The van der Waals surface area contributed by atoms with E-state index in [4.69, 9.17) is 0 Å². The molecule has 8 heteroatoms. The molecule has 0 saturated carbocycles. The fourth-order valence-electron chi connectivity index (χ4n) is 2.32. The van der Waals surface area contributed by atoms with Crippen molar-refractivity contribution in [1.29, 1.82) is 0 Å². The van der Waals surface area contributed by atoms with Crippen LogP contribution in [0.15, 0.2) is 29.5 Å². The van der Waals surface area contributed by atoms with Crippen LogP contribution in [0.5, 0.6) is 0 Å². The van der Waals surface area contributed by atoms with Crippen LogP contribution in [0.1, 0.15) is 0 Å². The number of aromatic nitrogens is 4. The fraction of sp³-hybridized carbons (Fsp3) is 0.429. The van der Waals surface area contributed by atoms with Gasteiger partial charge in [-0.25, -0.2) is 14.6 Å². The highest BCUT2D eigenvalue weighted by Gasteiger charge is 2.15. The van der Waals surface area contributed by atoms with Crippen LogP contribution in [0.25, 0.3) is 0 Å². The monoisotopic (exact) mass is 301 g/mol. The molecule has 1 aliphatic heterocycles. The molecule has 0 aromatic carbocycles. The SMILES string of the molecule is CN1CCN(c2cnc(Nc3ccnn(C)c3=O)cn2)CC1. The van der Waals surface area contributed by atoms with Crippen molar-refractivity contribution in [3.8, 4) is 0 Å². The number of rotatable bonds is 3. The van der Waals surface area contributed by atoms with E-state index in [0.717, 1.165) is 32.0 Å². The second kappa shape index (κ2) is 6.10. The second-order valence-corrected chi connectivity index (χ2v) is 5.35. The first-order chi connectivity index (χ1) is 10.6. The minimum Gasteiger partial charge on any atom is -0.353 e. The van der Waals surface area contributed by atoms with Gasteiger partial charge in [-0.15, -0.1) is 0 Å². The zero-order valence-corrected chi connectivity index (χ0v) is 12.7. The van der Waals surface area contributed by atoms with Crippen LogP contribution in [0.3, 0.4) is 0 Å². The number of piperazine rings is 1. The quantitative estimate of drug-likeness (QED) is 0.859. The van der Waals surface area contributed by atoms with Crippen molar-refractivity contribution in [2.75, 3.05) is 43.4 Å². The van der Waals surface area contributed by atoms with E-state index in [1.807, 2.05) is 0 Å². The van der Waals surface area contributed by atoms with Gasteiger partial charge in [-0.05, 0) is 13.1 Å². The summed E-state index contributed by atoms with van der Waals surface area (Å²) in [7, 11) is 3.72. The predicted octanol–water partition coefficient (Wildman–Crippen LogP) is 0.0657. The summed E-state index contributed by atoms with van der Waals surface area (Å²) in [6.45, 7) is 3.94. The Morgan fingerprint density at radius 1 is 1.09 bits per heavy atom. The van der Waals surface area contributed by atoms with Crippen molar-refractivity contribution in [2.45, 2.75) is 0 Å². The van der Waals surface area contributed by atoms with Gasteiger partial charge in [0.15, 0.2) is 0 Å². The van der Waals surface area contributed by atoms with Crippen molar-refractivity contribution in [3.63, 3.8) is 0 Å². The minimum absolute atomic E-state index is 0.201. The molecule has 1 saturated heterocycles. The first-order valence-corrected chi connectivity index (χ1v) is 7.18. The maximum Gasteiger partial charge on any atom is 0.290 e. The van der Waals surface area contributed by atoms with E-state index in [0.29, 0.717) is 11.5 Å². The molecule has 0 unspecified atom stereocenters. The lowest BCUT2D eigenvalue weighted by molar-refractivity contribution is 0.312. The van der Waals surface area contributed by atoms with Crippen molar-refractivity contribution in [1.82, 2.24) is 24.6 Å². The Hall–Kier alpha value is -2.48. The third-order valence-corrected chi connectivity index (χ3v) is 3.73. The summed E-state index contributed by atoms with van der Waals surface area (Å²) in [5.41, 5.74) is 0.228. The molecule has 116 valence electrons. The summed E-state index contributed by atoms with van der Waals surface area (Å²) in [6.07, 6.45) is 4.95. The number of hydrogen-bond donors (Lipinski definition) is 1. The van der Waals surface area contributed by atoms with Gasteiger partial charge in [0.25, 0.3) is 5.56 Å². The van der Waals surface area contributed by atoms with Gasteiger partial charge in [-0.3, -0.25) is 4.79 Å². The Bertz CT molecular complexity index is 689. The Balaban J connectivity index is 1.72. The molecule has 3 heterocycles. The number of nitrogens with one attached hydrogen (secondary N) is 1. The average molecular weight is 301 g/mol. The highest BCUT2D eigenvalue weighted by molar-refractivity contribution is 5.54. The molecule has 0 aliphatic carbocycles. The molecule has 2 aromatic heterocycles. The van der Waals surface area contributed by atoms with Crippen LogP contribution in [0.2, 0.25) is 0 Å². The normalized spacial score (nSPS) is 15.8. The zero-order valence-electron chi connectivity index (χ0n) is 12.7. The largest absolute Gasteiger partial charge is 0.353 e. The molecule has 1 aliphatic rings. The molecule has 0 bridgehead atoms. The molecule has 0 radical (unpaired) electrons. The van der Waals surface area contributed by atoms with E-state index in [-0.39, 0.29) is 5.56 Å². The van der Waals surface area contributed by atoms with Crippen LogP contribution in [0.4, 0.5) is 17.3 Å². The predicted molar refractivity (Wildman–Crippen MR) is 84.5 cm³/mol. The van der Waals surface area contributed by atoms with Gasteiger partial charge in [0.2, 0.25) is 0 Å². The molecule has 1 N–H and O–H groups in total. The van der Waals surface area contributed by atoms with E-state index >= 15 is 0 Å². The summed E-state index contributed by atoms with van der Waals surface area (Å²) >= 11 is 0. The Kier molecular flexibility index (Phi) is 4.01. The molecule has 1 fully saturated rings. The third-order valence-electron chi connectivity index (χ3n) is 3.73. The number of nitrogens with zero attached hydrogens (tertiary/aromatic N) is 6. The van der Waals surface area contributed by atoms with Crippen molar-refractivity contribution in [2.24, 2.45) is 7.05 Å². The van der Waals surface area contributed by atoms with E-state index in [9.17, 15) is 4.79 Å². The van der Waals surface area contributed by atoms with Crippen LogP contribution < -0.4 is 15.8 Å². The van der Waals surface area contributed by atoms with Crippen molar-refractivity contribution < 1.29 is 0 Å². The van der Waals surface area contributed by atoms with Gasteiger partial charge in [0.1, 0.15) is 17.3 Å². The van der Waals surface area contributed by atoms with Crippen molar-refractivity contribution in [3.05, 3.63) is 35.0 Å². The van der Waals surface area contributed by atoms with Gasteiger partial charge in [0, 0.05) is 39.4 Å². The third kappa shape index (κ3) is 3.06. The molecule has 8 nitrogen and oxygen atoms in total. The number of hydrogen-bond acceptors (Lipinski definition) is 7. The molecule has 2 aromatic rings. The number of likely N-dealkylation sites (N-methyl/N-ethyl adjacent to an activating group) is 1. The molecule has 3 rings (SSSR count). The summed E-state index contributed by atoms with van der Waals surface area (Å²) < 4.78 is 1.27. The summed E-state index contributed by atoms with van der Waals surface area (Å²) in [5.74, 6) is 1.41. The van der Waals surface area contributed by atoms with E-state index in [1.165, 1.54) is 4.68 Å². The van der Waals surface area contributed by atoms with Crippen LogP contribution in [-0.4, -0.2) is 57.9 Å². The highest BCUT2D eigenvalue weighted by atomic mass is 16.1. The van der Waals surface area contributed by atoms with E-state index < -0.39 is 0 Å². The summed E-state index contributed by atoms with van der Waals surface area (Å²) in [5, 5.41) is 6.86. The Morgan fingerprint density at radius 2 is 1.86 bits per heavy atom. The summed E-state index contributed by atoms with van der Waals surface area (Å²) in [6, 6.07) is 1.62. The molecule has 0 amide bonds. The number of aryl methyl sites for hydroxylation is 1. The average Bonchev–Trinajstić information content (AvgIpc) is 2.53. The fourth-order valence-corrected chi connectivity index (χ4v) is 2.32. The van der Waals surface area contributed by atoms with Gasteiger partial charge >= 0.3 is 0 Å². The van der Waals surface area contributed by atoms with Gasteiger partial charge in [0.05, 0.1) is 12.4 Å². The smallest absolute Gasteiger partial charge is 0.290 e. The van der Waals surface area contributed by atoms with Crippen LogP contribution >= 0.6 is 0 Å². The van der Waals surface area contributed by atoms with Crippen molar-refractivity contribution >= 4 is 17.3 Å². The molecule has 22 heavy (non-hydrogen) atoms. The second-order valence-electron chi connectivity index (χ2n) is 5.35. The molecular formula is C14H19N7O. The number of anilines is 3. The zero-order chi connectivity index (χ0) is 15.5. The van der Waals surface area contributed by atoms with Crippen LogP contribution in [0, 0.1) is 0 Å². The lowest BCUT2D eigenvalue weighted by atomic mass is 10.3. The Morgan fingerprint density at radius 3 is 2.55 bits per heavy atom. The molecule has 0 spiro atoms. The first kappa shape index (κ1) is 14.5. The maximum absolute atomic E-state index is 11.9. The topological polar surface area (TPSA) is 79.2 Å². The van der Waals surface area contributed by atoms with Gasteiger partial charge < -0.3 is 15.1 Å². The minimum atomic E-state index is -0.201. The molecular weight excluding hydrogens is 282 g/mol. The molecule has 0 atom stereocenters. The van der Waals surface area contributed by atoms with Crippen LogP contribution in [-0.2, 0) is 7.05 Å². The summed E-state index contributed by atoms with van der Waals surface area (Å²) in [4.78, 5) is 25.2. The van der Waals surface area contributed by atoms with Gasteiger partial charge in [-0.1, -0.05) is 0 Å². The first-order valence-electron chi connectivity index (χ1n) is 7.18. The van der Waals surface area contributed by atoms with E-state index in [2.05, 4.69) is 37.2 Å². The lowest BCUT2D eigenvalue weighted by Gasteiger charge is -2.32. The highest BCUT2D eigenvalue weighted by Crippen LogP contribution is 2.14. The van der Waals surface area contributed by atoms with Gasteiger partial charge in [-0.2, -0.15) is 5.10 Å².